The van der Waals surface area contributed by atoms with Crippen LogP contribution in [-0.2, 0) is 11.3 Å². The molecule has 1 amide bonds. The molecular weight excluding hydrogens is 264 g/mol. The second kappa shape index (κ2) is 6.06. The van der Waals surface area contributed by atoms with Gasteiger partial charge in [-0.3, -0.25) is 0 Å². The van der Waals surface area contributed by atoms with Crippen molar-refractivity contribution in [3.8, 4) is 0 Å². The molecule has 1 aromatic carbocycles. The lowest BCUT2D eigenvalue weighted by Crippen LogP contribution is -2.61. The van der Waals surface area contributed by atoms with Crippen molar-refractivity contribution in [3.05, 3.63) is 35.9 Å². The van der Waals surface area contributed by atoms with Gasteiger partial charge in [0.05, 0.1) is 0 Å². The van der Waals surface area contributed by atoms with Gasteiger partial charge in [-0.2, -0.15) is 0 Å². The molecule has 0 N–H and O–H groups in total. The van der Waals surface area contributed by atoms with E-state index in [1.165, 1.54) is 25.9 Å². The minimum Gasteiger partial charge on any atom is -0.445 e. The summed E-state index contributed by atoms with van der Waals surface area (Å²) in [4.78, 5) is 16.4. The molecule has 21 heavy (non-hydrogen) atoms. The number of benzene rings is 1. The molecule has 2 saturated heterocycles. The first kappa shape index (κ1) is 14.4. The van der Waals surface area contributed by atoms with Gasteiger partial charge in [-0.25, -0.2) is 4.79 Å². The molecule has 0 bridgehead atoms. The van der Waals surface area contributed by atoms with Crippen molar-refractivity contribution >= 4 is 6.09 Å². The molecule has 3 rings (SSSR count). The van der Waals surface area contributed by atoms with Crippen LogP contribution in [0.4, 0.5) is 4.79 Å². The third kappa shape index (κ3) is 3.21. The number of piperidine rings is 1. The largest absolute Gasteiger partial charge is 0.445 e. The van der Waals surface area contributed by atoms with E-state index in [1.54, 1.807) is 0 Å². The standard InChI is InChI=1S/C17H24N2O2/c1-2-18-10-8-17(9-11-18)13-19(14-17)16(20)21-12-15-6-4-3-5-7-15/h3-7H,2,8-14H2,1H3. The van der Waals surface area contributed by atoms with Crippen LogP contribution in [0.25, 0.3) is 0 Å². The number of amides is 1. The molecular formula is C17H24N2O2. The van der Waals surface area contributed by atoms with E-state index in [0.717, 1.165) is 25.2 Å². The first-order valence-electron chi connectivity index (χ1n) is 7.89. The van der Waals surface area contributed by atoms with E-state index in [0.29, 0.717) is 12.0 Å². The third-order valence-electron chi connectivity index (χ3n) is 4.88. The Kier molecular flexibility index (Phi) is 4.15. The van der Waals surface area contributed by atoms with E-state index in [2.05, 4.69) is 11.8 Å². The normalized spacial score (nSPS) is 21.1. The van der Waals surface area contributed by atoms with E-state index >= 15 is 0 Å². The Balaban J connectivity index is 1.43. The second-order valence-corrected chi connectivity index (χ2v) is 6.33. The summed E-state index contributed by atoms with van der Waals surface area (Å²) in [5.41, 5.74) is 1.41. The molecule has 1 aromatic rings. The summed E-state index contributed by atoms with van der Waals surface area (Å²) < 4.78 is 5.38. The average molecular weight is 288 g/mol. The predicted molar refractivity (Wildman–Crippen MR) is 82.0 cm³/mol. The summed E-state index contributed by atoms with van der Waals surface area (Å²) in [5.74, 6) is 0. The first-order valence-corrected chi connectivity index (χ1v) is 7.89. The number of carbonyl (C=O) groups excluding carboxylic acids is 1. The number of nitrogens with zero attached hydrogens (tertiary/aromatic N) is 2. The maximum Gasteiger partial charge on any atom is 0.410 e. The number of likely N-dealkylation sites (tertiary alicyclic amines) is 2. The van der Waals surface area contributed by atoms with Crippen LogP contribution in [0.2, 0.25) is 0 Å². The van der Waals surface area contributed by atoms with Crippen molar-refractivity contribution in [2.75, 3.05) is 32.7 Å². The van der Waals surface area contributed by atoms with Crippen molar-refractivity contribution in [1.82, 2.24) is 9.80 Å². The highest BCUT2D eigenvalue weighted by Crippen LogP contribution is 2.40. The fraction of sp³-hybridized carbons (Fsp3) is 0.588. The van der Waals surface area contributed by atoms with Crippen molar-refractivity contribution in [1.29, 1.82) is 0 Å². The van der Waals surface area contributed by atoms with E-state index in [1.807, 2.05) is 35.2 Å². The molecule has 0 atom stereocenters. The zero-order valence-corrected chi connectivity index (χ0v) is 12.8. The van der Waals surface area contributed by atoms with Gasteiger partial charge in [0, 0.05) is 18.5 Å². The van der Waals surface area contributed by atoms with Gasteiger partial charge in [-0.05, 0) is 38.0 Å². The van der Waals surface area contributed by atoms with E-state index in [-0.39, 0.29) is 6.09 Å². The zero-order valence-electron chi connectivity index (χ0n) is 12.8. The van der Waals surface area contributed by atoms with Gasteiger partial charge in [-0.1, -0.05) is 37.3 Å². The summed E-state index contributed by atoms with van der Waals surface area (Å²) in [5, 5.41) is 0. The van der Waals surface area contributed by atoms with E-state index < -0.39 is 0 Å². The Bertz CT molecular complexity index is 473. The van der Waals surface area contributed by atoms with Crippen LogP contribution in [0, 0.1) is 5.41 Å². The SMILES string of the molecule is CCN1CCC2(CC1)CN(C(=O)OCc1ccccc1)C2. The van der Waals surface area contributed by atoms with Gasteiger partial charge in [0.1, 0.15) is 6.61 Å². The van der Waals surface area contributed by atoms with Gasteiger partial charge in [0.2, 0.25) is 0 Å². The van der Waals surface area contributed by atoms with Crippen LogP contribution in [0.15, 0.2) is 30.3 Å². The smallest absolute Gasteiger partial charge is 0.410 e. The van der Waals surface area contributed by atoms with Crippen molar-refractivity contribution < 1.29 is 9.53 Å². The highest BCUT2D eigenvalue weighted by Gasteiger charge is 2.47. The summed E-state index contributed by atoms with van der Waals surface area (Å²) in [6.07, 6.45) is 2.26. The second-order valence-electron chi connectivity index (χ2n) is 6.33. The molecule has 0 unspecified atom stereocenters. The molecule has 2 heterocycles. The molecule has 4 nitrogen and oxygen atoms in total. The molecule has 0 radical (unpaired) electrons. The summed E-state index contributed by atoms with van der Waals surface area (Å²) in [6, 6.07) is 9.84. The van der Waals surface area contributed by atoms with Gasteiger partial charge in [0.15, 0.2) is 0 Å². The predicted octanol–water partition coefficient (Wildman–Crippen LogP) is 2.74. The lowest BCUT2D eigenvalue weighted by Gasteiger charge is -2.53. The molecule has 0 saturated carbocycles. The third-order valence-corrected chi connectivity index (χ3v) is 4.88. The van der Waals surface area contributed by atoms with Crippen LogP contribution in [0.5, 0.6) is 0 Å². The van der Waals surface area contributed by atoms with Gasteiger partial charge >= 0.3 is 6.09 Å². The summed E-state index contributed by atoms with van der Waals surface area (Å²) >= 11 is 0. The highest BCUT2D eigenvalue weighted by molar-refractivity contribution is 5.69. The minimum atomic E-state index is -0.164. The number of ether oxygens (including phenoxy) is 1. The molecule has 0 aromatic heterocycles. The van der Waals surface area contributed by atoms with Crippen LogP contribution in [0.3, 0.4) is 0 Å². The van der Waals surface area contributed by atoms with Crippen molar-refractivity contribution in [2.24, 2.45) is 5.41 Å². The van der Waals surface area contributed by atoms with E-state index in [4.69, 9.17) is 4.74 Å². The van der Waals surface area contributed by atoms with Crippen LogP contribution in [-0.4, -0.2) is 48.6 Å². The fourth-order valence-electron chi connectivity index (χ4n) is 3.36. The van der Waals surface area contributed by atoms with E-state index in [9.17, 15) is 4.79 Å². The average Bonchev–Trinajstić information content (AvgIpc) is 2.51. The van der Waals surface area contributed by atoms with Crippen LogP contribution >= 0.6 is 0 Å². The summed E-state index contributed by atoms with van der Waals surface area (Å²) in [6.45, 7) is 7.81. The molecule has 1 spiro atoms. The number of hydrogen-bond donors (Lipinski definition) is 0. The minimum absolute atomic E-state index is 0.164. The molecule has 0 aliphatic carbocycles. The summed E-state index contributed by atoms with van der Waals surface area (Å²) in [7, 11) is 0. The van der Waals surface area contributed by atoms with Crippen LogP contribution in [0.1, 0.15) is 25.3 Å². The number of hydrogen-bond acceptors (Lipinski definition) is 3. The number of carbonyl (C=O) groups is 1. The van der Waals surface area contributed by atoms with Gasteiger partial charge in [0.25, 0.3) is 0 Å². The Morgan fingerprint density at radius 1 is 1.19 bits per heavy atom. The quantitative estimate of drug-likeness (QED) is 0.857. The Labute approximate surface area is 126 Å². The molecule has 2 aliphatic heterocycles. The number of rotatable bonds is 3. The van der Waals surface area contributed by atoms with Gasteiger partial charge in [-0.15, -0.1) is 0 Å². The Hall–Kier alpha value is -1.55. The van der Waals surface area contributed by atoms with Gasteiger partial charge < -0.3 is 14.5 Å². The molecule has 2 fully saturated rings. The van der Waals surface area contributed by atoms with Crippen LogP contribution < -0.4 is 0 Å². The maximum atomic E-state index is 12.0. The lowest BCUT2D eigenvalue weighted by atomic mass is 9.72. The Morgan fingerprint density at radius 2 is 1.86 bits per heavy atom. The van der Waals surface area contributed by atoms with Crippen molar-refractivity contribution in [3.63, 3.8) is 0 Å². The lowest BCUT2D eigenvalue weighted by molar-refractivity contribution is -0.0421. The Morgan fingerprint density at radius 3 is 2.48 bits per heavy atom. The topological polar surface area (TPSA) is 32.8 Å². The molecule has 2 aliphatic rings. The molecule has 114 valence electrons. The zero-order chi connectivity index (χ0) is 14.7. The maximum absolute atomic E-state index is 12.0. The van der Waals surface area contributed by atoms with Crippen molar-refractivity contribution in [2.45, 2.75) is 26.4 Å². The highest BCUT2D eigenvalue weighted by atomic mass is 16.6. The monoisotopic (exact) mass is 288 g/mol. The molecule has 4 heteroatoms. The fourth-order valence-corrected chi connectivity index (χ4v) is 3.36. The first-order chi connectivity index (χ1) is 10.2.